The number of ether oxygens (including phenoxy) is 2. The Morgan fingerprint density at radius 2 is 1.65 bits per heavy atom. The van der Waals surface area contributed by atoms with Gasteiger partial charge in [0.05, 0.1) is 34.4 Å². The number of halogens is 6. The number of anilines is 2. The molecular weight excluding hydrogens is 700 g/mol. The maximum absolute atomic E-state index is 14.0. The quantitative estimate of drug-likeness (QED) is 0.154. The van der Waals surface area contributed by atoms with Gasteiger partial charge in [0.2, 0.25) is 11.8 Å². The molecule has 49 heavy (non-hydrogen) atoms. The minimum absolute atomic E-state index is 0.0589. The summed E-state index contributed by atoms with van der Waals surface area (Å²) in [6.07, 6.45) is -9.46. The predicted octanol–water partition coefficient (Wildman–Crippen LogP) is 6.69. The number of aromatic amines is 1. The monoisotopic (exact) mass is 723 g/mol. The summed E-state index contributed by atoms with van der Waals surface area (Å²) in [4.78, 5) is 55.8. The fourth-order valence-electron chi connectivity index (χ4n) is 5.74. The highest BCUT2D eigenvalue weighted by molar-refractivity contribution is 8.00. The van der Waals surface area contributed by atoms with Gasteiger partial charge in [-0.1, -0.05) is 47.4 Å². The van der Waals surface area contributed by atoms with E-state index in [1.165, 1.54) is 30.3 Å². The van der Waals surface area contributed by atoms with Crippen molar-refractivity contribution < 1.29 is 50.2 Å². The molecule has 0 aliphatic carbocycles. The number of fused-ring (bicyclic) bond motifs is 2. The number of carbonyl (C=O) groups excluding carboxylic acids is 3. The van der Waals surface area contributed by atoms with E-state index in [1.807, 2.05) is 0 Å². The van der Waals surface area contributed by atoms with E-state index in [-0.39, 0.29) is 23.8 Å². The van der Waals surface area contributed by atoms with Crippen molar-refractivity contribution in [2.75, 3.05) is 23.4 Å². The number of rotatable bonds is 8. The van der Waals surface area contributed by atoms with Crippen LogP contribution in [0.1, 0.15) is 34.4 Å². The number of nitrogens with zero attached hydrogens (tertiary/aromatic N) is 1. The molecule has 2 aliphatic rings. The van der Waals surface area contributed by atoms with E-state index < -0.39 is 75.5 Å². The van der Waals surface area contributed by atoms with Crippen molar-refractivity contribution in [2.24, 2.45) is 5.92 Å². The zero-order chi connectivity index (χ0) is 35.2. The van der Waals surface area contributed by atoms with Crippen LogP contribution in [-0.4, -0.2) is 41.2 Å². The summed E-state index contributed by atoms with van der Waals surface area (Å²) in [5, 5.41) is 1.47. The van der Waals surface area contributed by atoms with Crippen LogP contribution in [0.4, 0.5) is 37.7 Å². The molecule has 2 N–H and O–H groups in total. The van der Waals surface area contributed by atoms with Gasteiger partial charge < -0.3 is 19.8 Å². The Balaban J connectivity index is 1.31. The van der Waals surface area contributed by atoms with Crippen LogP contribution in [0.15, 0.2) is 76.6 Å². The molecule has 3 aromatic carbocycles. The number of imide groups is 1. The van der Waals surface area contributed by atoms with Crippen LogP contribution in [-0.2, 0) is 26.7 Å². The Bertz CT molecular complexity index is 2010. The molecule has 0 radical (unpaired) electrons. The van der Waals surface area contributed by atoms with Crippen molar-refractivity contribution in [1.82, 2.24) is 4.98 Å². The second-order valence-electron chi connectivity index (χ2n) is 10.8. The summed E-state index contributed by atoms with van der Waals surface area (Å²) in [7, 11) is 0. The maximum Gasteiger partial charge on any atom is 0.418 e. The molecule has 0 bridgehead atoms. The van der Waals surface area contributed by atoms with Crippen molar-refractivity contribution >= 4 is 52.2 Å². The first-order valence-corrected chi connectivity index (χ1v) is 16.2. The van der Waals surface area contributed by atoms with Gasteiger partial charge in [0.1, 0.15) is 5.25 Å². The van der Waals surface area contributed by atoms with E-state index in [2.05, 4.69) is 10.3 Å². The van der Waals surface area contributed by atoms with E-state index >= 15 is 0 Å². The number of hydrogen-bond donors (Lipinski definition) is 2. The van der Waals surface area contributed by atoms with E-state index in [1.54, 1.807) is 6.92 Å². The molecule has 0 spiro atoms. The normalized spacial score (nSPS) is 19.0. The van der Waals surface area contributed by atoms with Gasteiger partial charge in [-0.25, -0.2) is 4.90 Å². The Morgan fingerprint density at radius 3 is 2.37 bits per heavy atom. The SMILES string of the molecule is CCOc1cc([C@H]2c3sc(=O)[nH]c3SC3C(=O)N(c4ccccc4C(F)(F)F)C(=O)C32)ccc1OCC(=O)Nc1cccc(C(F)(F)F)c1. The Kier molecular flexibility index (Phi) is 9.00. The van der Waals surface area contributed by atoms with Crippen LogP contribution in [0.25, 0.3) is 0 Å². The first-order chi connectivity index (χ1) is 23.2. The van der Waals surface area contributed by atoms with Gasteiger partial charge in [-0.2, -0.15) is 26.3 Å². The molecule has 0 saturated carbocycles. The van der Waals surface area contributed by atoms with E-state index in [0.29, 0.717) is 20.4 Å². The average Bonchev–Trinajstić information content (AvgIpc) is 3.53. The molecule has 2 unspecified atom stereocenters. The number of nitrogens with one attached hydrogen (secondary N) is 2. The molecule has 6 rings (SSSR count). The zero-order valence-corrected chi connectivity index (χ0v) is 26.6. The lowest BCUT2D eigenvalue weighted by molar-refractivity contribution is -0.138. The number of benzene rings is 3. The Labute approximate surface area is 281 Å². The van der Waals surface area contributed by atoms with Gasteiger partial charge >= 0.3 is 17.2 Å². The molecule has 2 aliphatic heterocycles. The first-order valence-electron chi connectivity index (χ1n) is 14.5. The highest BCUT2D eigenvalue weighted by Crippen LogP contribution is 2.54. The fraction of sp³-hybridized carbons (Fsp3) is 0.250. The lowest BCUT2D eigenvalue weighted by Gasteiger charge is -2.30. The molecule has 256 valence electrons. The third-order valence-electron chi connectivity index (χ3n) is 7.73. The number of alkyl halides is 6. The first kappa shape index (κ1) is 34.1. The lowest BCUT2D eigenvalue weighted by atomic mass is 9.83. The van der Waals surface area contributed by atoms with Crippen molar-refractivity contribution in [2.45, 2.75) is 35.5 Å². The number of para-hydroxylation sites is 1. The number of hydrogen-bond acceptors (Lipinski definition) is 8. The van der Waals surface area contributed by atoms with Gasteiger partial charge in [0.15, 0.2) is 18.1 Å². The second kappa shape index (κ2) is 12.9. The highest BCUT2D eigenvalue weighted by Gasteiger charge is 2.57. The third kappa shape index (κ3) is 6.64. The van der Waals surface area contributed by atoms with Crippen molar-refractivity contribution in [3.05, 3.63) is 98.0 Å². The van der Waals surface area contributed by atoms with Crippen molar-refractivity contribution in [3.63, 3.8) is 0 Å². The number of thioether (sulfide) groups is 1. The number of carbonyl (C=O) groups is 3. The van der Waals surface area contributed by atoms with Gasteiger partial charge in [-0.3, -0.25) is 19.2 Å². The molecule has 4 aromatic rings. The fourth-order valence-corrected chi connectivity index (χ4v) is 8.26. The topological polar surface area (TPSA) is 118 Å². The second-order valence-corrected chi connectivity index (χ2v) is 13.0. The van der Waals surface area contributed by atoms with Crippen LogP contribution < -0.4 is 24.6 Å². The van der Waals surface area contributed by atoms with Gasteiger partial charge in [0.25, 0.3) is 5.91 Å². The minimum Gasteiger partial charge on any atom is -0.490 e. The van der Waals surface area contributed by atoms with Crippen molar-refractivity contribution in [3.8, 4) is 11.5 Å². The molecule has 3 amide bonds. The van der Waals surface area contributed by atoms with E-state index in [0.717, 1.165) is 59.5 Å². The summed E-state index contributed by atoms with van der Waals surface area (Å²) < 4.78 is 92.3. The number of H-pyrrole nitrogens is 1. The van der Waals surface area contributed by atoms with Crippen LogP contribution >= 0.6 is 23.1 Å². The van der Waals surface area contributed by atoms with Gasteiger partial charge in [0, 0.05) is 16.5 Å². The summed E-state index contributed by atoms with van der Waals surface area (Å²) in [6, 6.07) is 12.7. The largest absolute Gasteiger partial charge is 0.490 e. The van der Waals surface area contributed by atoms with Gasteiger partial charge in [-0.15, -0.1) is 0 Å². The van der Waals surface area contributed by atoms with Gasteiger partial charge in [-0.05, 0) is 55.0 Å². The summed E-state index contributed by atoms with van der Waals surface area (Å²) in [5.74, 6) is -4.50. The number of amides is 3. The zero-order valence-electron chi connectivity index (χ0n) is 25.0. The molecule has 1 aromatic heterocycles. The average molecular weight is 724 g/mol. The summed E-state index contributed by atoms with van der Waals surface area (Å²) in [6.45, 7) is 1.16. The van der Waals surface area contributed by atoms with E-state index in [4.69, 9.17) is 9.47 Å². The number of thiazole rings is 1. The lowest BCUT2D eigenvalue weighted by Crippen LogP contribution is -2.33. The molecule has 17 heteroatoms. The number of aromatic nitrogens is 1. The highest BCUT2D eigenvalue weighted by atomic mass is 32.2. The Hall–Kier alpha value is -4.77. The molecule has 1 fully saturated rings. The maximum atomic E-state index is 14.0. The smallest absolute Gasteiger partial charge is 0.418 e. The van der Waals surface area contributed by atoms with E-state index in [9.17, 15) is 45.5 Å². The Morgan fingerprint density at radius 1 is 0.898 bits per heavy atom. The molecule has 3 heterocycles. The van der Waals surface area contributed by atoms with Crippen LogP contribution in [0.2, 0.25) is 0 Å². The molecular formula is C32H23F6N3O6S2. The van der Waals surface area contributed by atoms with Crippen molar-refractivity contribution in [1.29, 1.82) is 0 Å². The molecule has 1 saturated heterocycles. The molecule has 9 nitrogen and oxygen atoms in total. The predicted molar refractivity (Wildman–Crippen MR) is 167 cm³/mol. The van der Waals surface area contributed by atoms with Crippen LogP contribution in [0.5, 0.6) is 11.5 Å². The minimum atomic E-state index is -4.85. The van der Waals surface area contributed by atoms with Crippen LogP contribution in [0, 0.1) is 5.92 Å². The molecule has 3 atom stereocenters. The van der Waals surface area contributed by atoms with Crippen LogP contribution in [0.3, 0.4) is 0 Å². The standard InChI is InChI=1S/C32H23F6N3O6S2/c1-2-46-21-12-15(10-11-20(21)47-14-22(42)39-17-7-5-6-16(13-17)31(33,34)35)23-24-26(48-27-25(23)49-30(45)40-27)29(44)41(28(24)43)19-9-4-3-8-18(19)32(36,37)38/h3-13,23-24,26H,2,14H2,1H3,(H,39,42)(H,40,45)/t23-,24?,26?/m1/s1. The summed E-state index contributed by atoms with van der Waals surface area (Å²) in [5.41, 5.74) is -2.43. The summed E-state index contributed by atoms with van der Waals surface area (Å²) >= 11 is 1.70. The third-order valence-corrected chi connectivity index (χ3v) is 10.1.